The van der Waals surface area contributed by atoms with Crippen molar-refractivity contribution in [2.24, 2.45) is 0 Å². The van der Waals surface area contributed by atoms with E-state index in [1.165, 1.54) is 17.7 Å². The first-order valence-corrected chi connectivity index (χ1v) is 6.75. The van der Waals surface area contributed by atoms with Gasteiger partial charge in [0.2, 0.25) is 0 Å². The molecule has 0 aliphatic carbocycles. The van der Waals surface area contributed by atoms with Crippen LogP contribution in [0.3, 0.4) is 0 Å². The minimum Gasteiger partial charge on any atom is -0.382 e. The molecule has 0 saturated carbocycles. The number of pyridine rings is 1. The molecule has 1 amide bonds. The summed E-state index contributed by atoms with van der Waals surface area (Å²) in [6, 6.07) is 3.64. The average Bonchev–Trinajstić information content (AvgIpc) is 2.87. The van der Waals surface area contributed by atoms with Gasteiger partial charge in [0.1, 0.15) is 12.1 Å². The van der Waals surface area contributed by atoms with E-state index in [1.54, 1.807) is 17.6 Å². The second-order valence-corrected chi connectivity index (χ2v) is 5.11. The van der Waals surface area contributed by atoms with Gasteiger partial charge in [-0.1, -0.05) is 0 Å². The lowest BCUT2D eigenvalue weighted by molar-refractivity contribution is 0.102. The Kier molecular flexibility index (Phi) is 3.03. The zero-order valence-electron chi connectivity index (χ0n) is 10.6. The normalized spacial score (nSPS) is 10.7. The molecule has 20 heavy (non-hydrogen) atoms. The van der Waals surface area contributed by atoms with Crippen molar-refractivity contribution in [3.63, 3.8) is 0 Å². The van der Waals surface area contributed by atoms with Gasteiger partial charge in [-0.15, -0.1) is 11.3 Å². The van der Waals surface area contributed by atoms with Crippen molar-refractivity contribution in [3.8, 4) is 0 Å². The Morgan fingerprint density at radius 3 is 2.90 bits per heavy atom. The van der Waals surface area contributed by atoms with Crippen molar-refractivity contribution < 1.29 is 4.79 Å². The number of carbonyl (C=O) groups excluding carboxylic acids is 1. The molecule has 0 aliphatic rings. The van der Waals surface area contributed by atoms with Gasteiger partial charge in [0, 0.05) is 11.1 Å². The lowest BCUT2D eigenvalue weighted by Gasteiger charge is -2.04. The third-order valence-electron chi connectivity index (χ3n) is 2.79. The second kappa shape index (κ2) is 4.86. The Balaban J connectivity index is 1.93. The monoisotopic (exact) mass is 285 g/mol. The van der Waals surface area contributed by atoms with Gasteiger partial charge in [-0.3, -0.25) is 9.78 Å². The zero-order chi connectivity index (χ0) is 14.1. The minimum atomic E-state index is -0.236. The molecular formula is C13H11N5OS. The van der Waals surface area contributed by atoms with Crippen LogP contribution in [0.25, 0.3) is 10.2 Å². The molecule has 100 valence electrons. The highest BCUT2D eigenvalue weighted by Crippen LogP contribution is 2.27. The van der Waals surface area contributed by atoms with E-state index < -0.39 is 0 Å². The van der Waals surface area contributed by atoms with E-state index in [9.17, 15) is 4.79 Å². The van der Waals surface area contributed by atoms with E-state index in [4.69, 9.17) is 5.73 Å². The molecule has 0 atom stereocenters. The summed E-state index contributed by atoms with van der Waals surface area (Å²) in [4.78, 5) is 24.4. The van der Waals surface area contributed by atoms with E-state index in [0.717, 1.165) is 10.4 Å². The molecule has 3 heterocycles. The molecule has 0 saturated heterocycles. The molecule has 3 N–H and O–H groups in total. The lowest BCUT2D eigenvalue weighted by Crippen LogP contribution is -2.12. The van der Waals surface area contributed by atoms with E-state index in [-0.39, 0.29) is 5.91 Å². The van der Waals surface area contributed by atoms with Gasteiger partial charge in [-0.2, -0.15) is 0 Å². The molecule has 3 rings (SSSR count). The number of nitrogens with one attached hydrogen (secondary N) is 1. The van der Waals surface area contributed by atoms with Crippen LogP contribution >= 0.6 is 11.3 Å². The number of aromatic nitrogens is 3. The maximum absolute atomic E-state index is 12.3. The molecule has 7 heteroatoms. The van der Waals surface area contributed by atoms with Crippen molar-refractivity contribution in [1.82, 2.24) is 15.0 Å². The van der Waals surface area contributed by atoms with Crippen LogP contribution in [0.2, 0.25) is 0 Å². The molecule has 6 nitrogen and oxygen atoms in total. The van der Waals surface area contributed by atoms with E-state index in [2.05, 4.69) is 20.3 Å². The highest BCUT2D eigenvalue weighted by Gasteiger charge is 2.15. The Morgan fingerprint density at radius 1 is 1.30 bits per heavy atom. The number of nitrogens with zero attached hydrogens (tertiary/aromatic N) is 3. The molecule has 0 bridgehead atoms. The number of thiophene rings is 1. The Labute approximate surface area is 118 Å². The Bertz CT molecular complexity index is 781. The van der Waals surface area contributed by atoms with Crippen LogP contribution < -0.4 is 11.1 Å². The molecule has 0 radical (unpaired) electrons. The molecule has 3 aromatic rings. The lowest BCUT2D eigenvalue weighted by atomic mass is 10.2. The molecule has 0 unspecified atom stereocenters. The summed E-state index contributed by atoms with van der Waals surface area (Å²) in [6.45, 7) is 1.89. The van der Waals surface area contributed by atoms with Gasteiger partial charge in [0.05, 0.1) is 27.7 Å². The summed E-state index contributed by atoms with van der Waals surface area (Å²) < 4.78 is 0.722. The van der Waals surface area contributed by atoms with E-state index >= 15 is 0 Å². The third-order valence-corrected chi connectivity index (χ3v) is 3.79. The van der Waals surface area contributed by atoms with Crippen molar-refractivity contribution in [2.75, 3.05) is 11.1 Å². The number of amides is 1. The van der Waals surface area contributed by atoms with Crippen molar-refractivity contribution in [3.05, 3.63) is 41.3 Å². The van der Waals surface area contributed by atoms with Gasteiger partial charge in [0.15, 0.2) is 0 Å². The number of fused-ring (bicyclic) bond motifs is 1. The fourth-order valence-electron chi connectivity index (χ4n) is 1.77. The first-order valence-electron chi connectivity index (χ1n) is 5.87. The molecule has 3 aromatic heterocycles. The van der Waals surface area contributed by atoms with Crippen LogP contribution in [-0.4, -0.2) is 20.9 Å². The summed E-state index contributed by atoms with van der Waals surface area (Å²) >= 11 is 1.36. The highest BCUT2D eigenvalue weighted by molar-refractivity contribution is 7.18. The van der Waals surface area contributed by atoms with Gasteiger partial charge < -0.3 is 11.1 Å². The predicted octanol–water partition coefficient (Wildman–Crippen LogP) is 2.23. The number of nitrogens with two attached hydrogens (primary N) is 1. The number of nitrogen functional groups attached to an aromatic ring is 1. The number of hydrogen-bond acceptors (Lipinski definition) is 6. The summed E-state index contributed by atoms with van der Waals surface area (Å²) in [5, 5.41) is 4.52. The third kappa shape index (κ3) is 2.19. The van der Waals surface area contributed by atoms with Gasteiger partial charge in [0.25, 0.3) is 5.91 Å². The first-order chi connectivity index (χ1) is 9.65. The number of hydrogen-bond donors (Lipinski definition) is 2. The van der Waals surface area contributed by atoms with Crippen LogP contribution in [0.5, 0.6) is 0 Å². The van der Waals surface area contributed by atoms with Crippen molar-refractivity contribution in [1.29, 1.82) is 0 Å². The first kappa shape index (κ1) is 12.5. The summed E-state index contributed by atoms with van der Waals surface area (Å²) in [6.07, 6.45) is 2.97. The van der Waals surface area contributed by atoms with Crippen LogP contribution in [0.4, 0.5) is 11.5 Å². The maximum Gasteiger partial charge on any atom is 0.258 e. The number of anilines is 2. The standard InChI is InChI=1S/C13H11N5OS/c1-7-2-3-8(4-15-7)18-13(19)9-5-20-11-10(9)16-6-17-12(11)14/h2-6H,1H3,(H,18,19)(H2,14,16,17). The molecule has 0 aromatic carbocycles. The number of rotatable bonds is 2. The van der Waals surface area contributed by atoms with E-state index in [0.29, 0.717) is 22.6 Å². The smallest absolute Gasteiger partial charge is 0.258 e. The summed E-state index contributed by atoms with van der Waals surface area (Å²) in [5.74, 6) is 0.149. The van der Waals surface area contributed by atoms with Crippen LogP contribution in [-0.2, 0) is 0 Å². The Morgan fingerprint density at radius 2 is 2.15 bits per heavy atom. The Hall–Kier alpha value is -2.54. The van der Waals surface area contributed by atoms with Crippen LogP contribution in [0, 0.1) is 6.92 Å². The average molecular weight is 285 g/mol. The quantitative estimate of drug-likeness (QED) is 0.753. The largest absolute Gasteiger partial charge is 0.382 e. The summed E-state index contributed by atoms with van der Waals surface area (Å²) in [5.41, 5.74) is 8.35. The molecule has 0 spiro atoms. The zero-order valence-corrected chi connectivity index (χ0v) is 11.4. The maximum atomic E-state index is 12.3. The topological polar surface area (TPSA) is 93.8 Å². The molecular weight excluding hydrogens is 274 g/mol. The number of aryl methyl sites for hydroxylation is 1. The fourth-order valence-corrected chi connectivity index (χ4v) is 2.67. The summed E-state index contributed by atoms with van der Waals surface area (Å²) in [7, 11) is 0. The predicted molar refractivity (Wildman–Crippen MR) is 78.8 cm³/mol. The van der Waals surface area contributed by atoms with Gasteiger partial charge in [-0.25, -0.2) is 9.97 Å². The van der Waals surface area contributed by atoms with Crippen LogP contribution in [0.15, 0.2) is 30.0 Å². The number of carbonyl (C=O) groups is 1. The SMILES string of the molecule is Cc1ccc(NC(=O)c2csc3c(N)ncnc23)cn1. The minimum absolute atomic E-state index is 0.236. The van der Waals surface area contributed by atoms with Crippen molar-refractivity contribution in [2.45, 2.75) is 6.92 Å². The second-order valence-electron chi connectivity index (χ2n) is 4.23. The fraction of sp³-hybridized carbons (Fsp3) is 0.0769. The van der Waals surface area contributed by atoms with Gasteiger partial charge in [-0.05, 0) is 19.1 Å². The van der Waals surface area contributed by atoms with E-state index in [1.807, 2.05) is 13.0 Å². The van der Waals surface area contributed by atoms with Crippen molar-refractivity contribution >= 4 is 39.0 Å². The molecule has 0 aliphatic heterocycles. The van der Waals surface area contributed by atoms with Gasteiger partial charge >= 0.3 is 0 Å². The molecule has 0 fully saturated rings. The highest BCUT2D eigenvalue weighted by atomic mass is 32.1. The van der Waals surface area contributed by atoms with Crippen LogP contribution in [0.1, 0.15) is 16.1 Å².